The third-order valence-electron chi connectivity index (χ3n) is 2.58. The number of imide groups is 1. The summed E-state index contributed by atoms with van der Waals surface area (Å²) < 4.78 is 1.85. The molecule has 2 amide bonds. The summed E-state index contributed by atoms with van der Waals surface area (Å²) >= 11 is 2.10. The number of hydrogen-bond acceptors (Lipinski definition) is 4. The van der Waals surface area contributed by atoms with Crippen LogP contribution in [0.3, 0.4) is 0 Å². The second-order valence-corrected chi connectivity index (χ2v) is 4.59. The fourth-order valence-corrected chi connectivity index (χ4v) is 2.01. The minimum absolute atomic E-state index is 0.0888. The molecule has 0 aromatic heterocycles. The lowest BCUT2D eigenvalue weighted by Crippen LogP contribution is -2.32. The maximum Gasteiger partial charge on any atom is 0.363 e. The van der Waals surface area contributed by atoms with Gasteiger partial charge in [0.2, 0.25) is 0 Å². The molecule has 1 aliphatic rings. The van der Waals surface area contributed by atoms with E-state index in [4.69, 9.17) is 4.84 Å². The molecule has 98 valence electrons. The molecule has 1 fully saturated rings. The van der Waals surface area contributed by atoms with Gasteiger partial charge in [0.1, 0.15) is 0 Å². The summed E-state index contributed by atoms with van der Waals surface area (Å²) in [5.74, 6) is -1.68. The molecule has 1 saturated heterocycles. The fourth-order valence-electron chi connectivity index (χ4n) is 1.60. The molecule has 1 heterocycles. The molecule has 0 aliphatic carbocycles. The van der Waals surface area contributed by atoms with E-state index >= 15 is 0 Å². The van der Waals surface area contributed by atoms with Crippen molar-refractivity contribution in [1.82, 2.24) is 5.06 Å². The summed E-state index contributed by atoms with van der Waals surface area (Å²) in [5.41, 5.74) is 1.23. The van der Waals surface area contributed by atoms with E-state index in [0.717, 1.165) is 5.56 Å². The van der Waals surface area contributed by atoms with Crippen LogP contribution in [0, 0.1) is 0 Å². The maximum absolute atomic E-state index is 11.8. The Labute approximate surface area is 123 Å². The molecule has 5 nitrogen and oxygen atoms in total. The van der Waals surface area contributed by atoms with Gasteiger partial charge in [-0.3, -0.25) is 9.59 Å². The smallest absolute Gasteiger partial charge is 0.325 e. The van der Waals surface area contributed by atoms with Crippen molar-refractivity contribution in [3.05, 3.63) is 39.5 Å². The highest BCUT2D eigenvalue weighted by molar-refractivity contribution is 14.1. The number of rotatable bonds is 3. The van der Waals surface area contributed by atoms with Crippen molar-refractivity contribution in [2.24, 2.45) is 0 Å². The molecule has 0 N–H and O–H groups in total. The van der Waals surface area contributed by atoms with Gasteiger partial charge >= 0.3 is 5.97 Å². The number of carbonyl (C=O) groups excluding carboxylic acids is 3. The van der Waals surface area contributed by atoms with Crippen LogP contribution in [0.15, 0.2) is 28.3 Å². The first-order valence-corrected chi connectivity index (χ1v) is 6.81. The number of amides is 2. The SMILES string of the molecule is O=C(ON1C(=O)CCC1=O)c1ccc(C=CI)cc1. The molecule has 0 saturated carbocycles. The Morgan fingerprint density at radius 3 is 2.26 bits per heavy atom. The third-order valence-corrected chi connectivity index (χ3v) is 2.94. The van der Waals surface area contributed by atoms with Gasteiger partial charge < -0.3 is 4.84 Å². The largest absolute Gasteiger partial charge is 0.363 e. The first-order chi connectivity index (χ1) is 9.11. The number of halogens is 1. The van der Waals surface area contributed by atoms with Gasteiger partial charge in [-0.15, -0.1) is 5.06 Å². The first kappa shape index (κ1) is 13.7. The van der Waals surface area contributed by atoms with E-state index in [0.29, 0.717) is 5.06 Å². The molecular formula is C13H10INO4. The van der Waals surface area contributed by atoms with Crippen molar-refractivity contribution in [3.8, 4) is 0 Å². The van der Waals surface area contributed by atoms with Crippen LogP contribution in [-0.4, -0.2) is 22.8 Å². The zero-order valence-corrected chi connectivity index (χ0v) is 12.0. The zero-order chi connectivity index (χ0) is 13.8. The molecule has 0 bridgehead atoms. The van der Waals surface area contributed by atoms with E-state index in [9.17, 15) is 14.4 Å². The van der Waals surface area contributed by atoms with E-state index in [1.807, 2.05) is 10.2 Å². The van der Waals surface area contributed by atoms with Gasteiger partial charge in [-0.05, 0) is 27.9 Å². The summed E-state index contributed by atoms with van der Waals surface area (Å²) in [6, 6.07) is 6.66. The number of carbonyl (C=O) groups is 3. The van der Waals surface area contributed by atoms with E-state index < -0.39 is 17.8 Å². The lowest BCUT2D eigenvalue weighted by atomic mass is 10.1. The standard InChI is InChI=1S/C13H10INO4/c14-8-7-9-1-3-10(4-2-9)13(18)19-15-11(16)5-6-12(15)17/h1-4,7-8H,5-6H2. The minimum atomic E-state index is -0.714. The van der Waals surface area contributed by atoms with E-state index in [2.05, 4.69) is 22.6 Å². The number of benzene rings is 1. The van der Waals surface area contributed by atoms with Crippen LogP contribution >= 0.6 is 22.6 Å². The Hall–Kier alpha value is -1.70. The van der Waals surface area contributed by atoms with Crippen molar-refractivity contribution in [2.45, 2.75) is 12.8 Å². The second kappa shape index (κ2) is 5.96. The van der Waals surface area contributed by atoms with Crippen molar-refractivity contribution in [1.29, 1.82) is 0 Å². The Morgan fingerprint density at radius 1 is 1.16 bits per heavy atom. The van der Waals surface area contributed by atoms with Crippen molar-refractivity contribution < 1.29 is 19.2 Å². The van der Waals surface area contributed by atoms with Crippen molar-refractivity contribution in [2.75, 3.05) is 0 Å². The van der Waals surface area contributed by atoms with Crippen LogP contribution in [0.25, 0.3) is 6.08 Å². The predicted octanol–water partition coefficient (Wildman–Crippen LogP) is 2.31. The average molecular weight is 371 g/mol. The summed E-state index contributed by atoms with van der Waals surface area (Å²) in [4.78, 5) is 39.2. The molecule has 1 aromatic carbocycles. The number of hydroxylamine groups is 2. The van der Waals surface area contributed by atoms with Crippen LogP contribution in [0.4, 0.5) is 0 Å². The van der Waals surface area contributed by atoms with Crippen LogP contribution in [0.5, 0.6) is 0 Å². The summed E-state index contributed by atoms with van der Waals surface area (Å²) in [6.07, 6.45) is 2.06. The molecule has 6 heteroatoms. The Bertz CT molecular complexity index is 534. The van der Waals surface area contributed by atoms with Gasteiger partial charge in [-0.2, -0.15) is 0 Å². The average Bonchev–Trinajstić information content (AvgIpc) is 2.72. The normalized spacial score (nSPS) is 15.3. The first-order valence-electron chi connectivity index (χ1n) is 5.56. The van der Waals surface area contributed by atoms with Gasteiger partial charge in [0, 0.05) is 12.8 Å². The lowest BCUT2D eigenvalue weighted by molar-refractivity contribution is -0.172. The van der Waals surface area contributed by atoms with Crippen molar-refractivity contribution >= 4 is 46.5 Å². The molecule has 0 unspecified atom stereocenters. The van der Waals surface area contributed by atoms with E-state index in [1.54, 1.807) is 24.3 Å². The molecule has 2 rings (SSSR count). The molecule has 0 atom stereocenters. The molecular weight excluding hydrogens is 361 g/mol. The van der Waals surface area contributed by atoms with Crippen LogP contribution in [0.2, 0.25) is 0 Å². The van der Waals surface area contributed by atoms with Gasteiger partial charge in [0.15, 0.2) is 0 Å². The zero-order valence-electron chi connectivity index (χ0n) is 9.84. The predicted molar refractivity (Wildman–Crippen MR) is 76.0 cm³/mol. The highest BCUT2D eigenvalue weighted by Gasteiger charge is 2.33. The molecule has 0 spiro atoms. The quantitative estimate of drug-likeness (QED) is 0.604. The molecule has 1 aromatic rings. The minimum Gasteiger partial charge on any atom is -0.325 e. The fraction of sp³-hybridized carbons (Fsp3) is 0.154. The van der Waals surface area contributed by atoms with Gasteiger partial charge in [0.05, 0.1) is 5.56 Å². The third kappa shape index (κ3) is 3.19. The van der Waals surface area contributed by atoms with Crippen LogP contribution < -0.4 is 0 Å². The van der Waals surface area contributed by atoms with Crippen LogP contribution in [-0.2, 0) is 14.4 Å². The highest BCUT2D eigenvalue weighted by atomic mass is 127. The summed E-state index contributed by atoms with van der Waals surface area (Å²) in [6.45, 7) is 0. The lowest BCUT2D eigenvalue weighted by Gasteiger charge is -2.12. The van der Waals surface area contributed by atoms with E-state index in [1.165, 1.54) is 0 Å². The maximum atomic E-state index is 11.8. The summed E-state index contributed by atoms with van der Waals surface area (Å²) in [7, 11) is 0. The second-order valence-electron chi connectivity index (χ2n) is 3.88. The Morgan fingerprint density at radius 2 is 1.74 bits per heavy atom. The highest BCUT2D eigenvalue weighted by Crippen LogP contribution is 2.15. The van der Waals surface area contributed by atoms with Gasteiger partial charge in [-0.25, -0.2) is 4.79 Å². The van der Waals surface area contributed by atoms with Crippen molar-refractivity contribution in [3.63, 3.8) is 0 Å². The van der Waals surface area contributed by atoms with E-state index in [-0.39, 0.29) is 18.4 Å². The topological polar surface area (TPSA) is 63.7 Å². The molecule has 19 heavy (non-hydrogen) atoms. The Kier molecular flexibility index (Phi) is 4.31. The molecule has 0 radical (unpaired) electrons. The monoisotopic (exact) mass is 371 g/mol. The van der Waals surface area contributed by atoms with Gasteiger partial charge in [0.25, 0.3) is 11.8 Å². The van der Waals surface area contributed by atoms with Gasteiger partial charge in [-0.1, -0.05) is 34.7 Å². The Balaban J connectivity index is 2.07. The number of nitrogens with zero attached hydrogens (tertiary/aromatic N) is 1. The number of hydrogen-bond donors (Lipinski definition) is 0. The summed E-state index contributed by atoms with van der Waals surface area (Å²) in [5, 5.41) is 0.543. The molecule has 1 aliphatic heterocycles. The van der Waals surface area contributed by atoms with Crippen LogP contribution in [0.1, 0.15) is 28.8 Å².